The molecule has 17 nitrogen and oxygen atoms in total. The maximum atomic E-state index is 12.2. The van der Waals surface area contributed by atoms with E-state index in [9.17, 15) is 33.7 Å². The normalized spacial score (nSPS) is 25.5. The number of imidazole rings is 1. The van der Waals surface area contributed by atoms with E-state index in [1.165, 1.54) is 22.7 Å². The van der Waals surface area contributed by atoms with Gasteiger partial charge in [0.05, 0.1) is 12.9 Å². The Morgan fingerprint density at radius 1 is 1.15 bits per heavy atom. The van der Waals surface area contributed by atoms with Crippen LogP contribution in [0, 0.1) is 0 Å². The van der Waals surface area contributed by atoms with Crippen LogP contribution in [-0.4, -0.2) is 90.3 Å². The molecule has 0 radical (unpaired) electrons. The molecular weight excluding hydrogens is 650 g/mol. The van der Waals surface area contributed by atoms with Crippen molar-refractivity contribution in [3.05, 3.63) is 6.33 Å². The standard InChI is InChI=1S/C16H26Cl2N5O12P3S/c1-3-5-39-15-21-12(19-4-2)9-13(22-15)23(7-20-9)14-11(25)10(24)8(34-14)6-33-38(31,32)35-37(29,30)16(17,18)36(26,27)28/h7-8,10-11,14,24-25H,3-6H2,1-2H3,(H,29,30)(H,31,32)(H,19,21,22)(H2,26,27,28)/t8-,10-,11-,14-/m1/s1. The Labute approximate surface area is 235 Å². The number of thioether (sulfide) groups is 1. The molecule has 0 spiro atoms. The number of aromatic nitrogens is 4. The summed E-state index contributed by atoms with van der Waals surface area (Å²) in [5.41, 5.74) is 0.609. The number of aliphatic hydroxyl groups excluding tert-OH is 2. The molecule has 0 bridgehead atoms. The minimum absolute atomic E-state index is 0.257. The number of anilines is 1. The first-order chi connectivity index (χ1) is 18.0. The molecule has 6 atom stereocenters. The van der Waals surface area contributed by atoms with Gasteiger partial charge in [0.15, 0.2) is 28.4 Å². The van der Waals surface area contributed by atoms with Gasteiger partial charge in [-0.2, -0.15) is 0 Å². The molecule has 2 aromatic heterocycles. The molecule has 1 saturated heterocycles. The number of rotatable bonds is 13. The van der Waals surface area contributed by atoms with Crippen LogP contribution in [0.25, 0.3) is 11.2 Å². The Hall–Kier alpha value is -0.390. The summed E-state index contributed by atoms with van der Waals surface area (Å²) in [4.78, 5) is 50.9. The van der Waals surface area contributed by atoms with Crippen LogP contribution in [0.1, 0.15) is 26.5 Å². The molecule has 222 valence electrons. The SMILES string of the molecule is CCCSc1nc(NCC)c2ncn([C@@H]3O[C@H](COP(=O)(O)OP(=O)(O)C(Cl)(Cl)P(=O)(O)O)[C@@H](O)[C@H]3O)c2n1. The second kappa shape index (κ2) is 12.5. The summed E-state index contributed by atoms with van der Waals surface area (Å²) in [6.45, 7) is 3.39. The van der Waals surface area contributed by atoms with E-state index in [0.717, 1.165) is 12.2 Å². The van der Waals surface area contributed by atoms with Gasteiger partial charge in [0, 0.05) is 12.3 Å². The van der Waals surface area contributed by atoms with Crippen LogP contribution in [0.4, 0.5) is 5.82 Å². The molecule has 2 unspecified atom stereocenters. The van der Waals surface area contributed by atoms with Crippen LogP contribution in [0.2, 0.25) is 0 Å². The Bertz CT molecular complexity index is 1330. The number of halogens is 2. The van der Waals surface area contributed by atoms with Crippen molar-refractivity contribution in [1.29, 1.82) is 0 Å². The van der Waals surface area contributed by atoms with Gasteiger partial charge in [-0.25, -0.2) is 23.8 Å². The van der Waals surface area contributed by atoms with E-state index in [1.807, 2.05) is 13.8 Å². The van der Waals surface area contributed by atoms with Crippen molar-refractivity contribution in [3.63, 3.8) is 0 Å². The highest BCUT2D eigenvalue weighted by molar-refractivity contribution is 7.99. The van der Waals surface area contributed by atoms with Gasteiger partial charge in [0.25, 0.3) is 0 Å². The van der Waals surface area contributed by atoms with E-state index in [-0.39, 0.29) is 5.65 Å². The van der Waals surface area contributed by atoms with Gasteiger partial charge < -0.3 is 39.8 Å². The summed E-state index contributed by atoms with van der Waals surface area (Å²) in [5, 5.41) is 24.6. The fourth-order valence-corrected chi connectivity index (χ4v) is 8.20. The maximum absolute atomic E-state index is 12.2. The number of hydrogen-bond donors (Lipinski definition) is 7. The average Bonchev–Trinajstić information content (AvgIpc) is 3.36. The van der Waals surface area contributed by atoms with Crippen molar-refractivity contribution in [2.45, 2.75) is 53.8 Å². The number of phosphoric ester groups is 1. The predicted molar refractivity (Wildman–Crippen MR) is 140 cm³/mol. The summed E-state index contributed by atoms with van der Waals surface area (Å²) >= 11 is 11.8. The van der Waals surface area contributed by atoms with Crippen molar-refractivity contribution >= 4 is 75.0 Å². The van der Waals surface area contributed by atoms with E-state index in [4.69, 9.17) is 37.7 Å². The van der Waals surface area contributed by atoms with Crippen LogP contribution in [0.3, 0.4) is 0 Å². The zero-order valence-electron chi connectivity index (χ0n) is 20.1. The number of hydrogen-bond acceptors (Lipinski definition) is 13. The number of alkyl halides is 2. The van der Waals surface area contributed by atoms with Gasteiger partial charge >= 0.3 is 26.8 Å². The third-order valence-corrected chi connectivity index (χ3v) is 13.9. The molecule has 39 heavy (non-hydrogen) atoms. The van der Waals surface area contributed by atoms with Gasteiger partial charge in [-0.15, -0.1) is 0 Å². The molecular formula is C16H26Cl2N5O12P3S. The number of nitrogens with zero attached hydrogens (tertiary/aromatic N) is 4. The monoisotopic (exact) mass is 675 g/mol. The van der Waals surface area contributed by atoms with Crippen molar-refractivity contribution < 1.29 is 57.1 Å². The molecule has 2 aromatic rings. The quantitative estimate of drug-likeness (QED) is 0.0692. The predicted octanol–water partition coefficient (Wildman–Crippen LogP) is 1.97. The fraction of sp³-hybridized carbons (Fsp3) is 0.688. The fourth-order valence-electron chi connectivity index (χ4n) is 3.27. The van der Waals surface area contributed by atoms with Gasteiger partial charge in [-0.1, -0.05) is 41.9 Å². The first-order valence-electron chi connectivity index (χ1n) is 11.0. The van der Waals surface area contributed by atoms with Crippen molar-refractivity contribution in [3.8, 4) is 0 Å². The molecule has 0 saturated carbocycles. The lowest BCUT2D eigenvalue weighted by Gasteiger charge is -2.26. The van der Waals surface area contributed by atoms with Crippen LogP contribution >= 0.6 is 58.0 Å². The lowest BCUT2D eigenvalue weighted by Crippen LogP contribution is -2.33. The van der Waals surface area contributed by atoms with E-state index < -0.39 is 58.0 Å². The lowest BCUT2D eigenvalue weighted by atomic mass is 10.1. The summed E-state index contributed by atoms with van der Waals surface area (Å²) in [5.74, 6) is 1.17. The van der Waals surface area contributed by atoms with E-state index in [1.54, 1.807) is 0 Å². The third-order valence-electron chi connectivity index (χ3n) is 5.10. The van der Waals surface area contributed by atoms with Crippen molar-refractivity contribution in [1.82, 2.24) is 19.5 Å². The van der Waals surface area contributed by atoms with Crippen LogP contribution in [0.15, 0.2) is 11.5 Å². The van der Waals surface area contributed by atoms with Gasteiger partial charge in [0.1, 0.15) is 18.3 Å². The highest BCUT2D eigenvalue weighted by atomic mass is 35.5. The van der Waals surface area contributed by atoms with Gasteiger partial charge in [-0.05, 0) is 13.3 Å². The molecule has 1 aliphatic rings. The molecule has 0 aromatic carbocycles. The van der Waals surface area contributed by atoms with Crippen molar-refractivity contribution in [2.75, 3.05) is 24.2 Å². The Kier molecular flexibility index (Phi) is 10.6. The molecule has 3 rings (SSSR count). The summed E-state index contributed by atoms with van der Waals surface area (Å²) in [6, 6.07) is 0. The molecule has 7 N–H and O–H groups in total. The topological polar surface area (TPSA) is 256 Å². The van der Waals surface area contributed by atoms with Gasteiger partial charge in [-0.3, -0.25) is 18.2 Å². The molecule has 23 heteroatoms. The molecule has 0 aliphatic carbocycles. The highest BCUT2D eigenvalue weighted by Crippen LogP contribution is 2.79. The van der Waals surface area contributed by atoms with Gasteiger partial charge in [0.2, 0.25) is 0 Å². The summed E-state index contributed by atoms with van der Waals surface area (Å²) < 4.78 is 47.4. The first kappa shape index (κ1) is 33.1. The number of nitrogens with one attached hydrogen (secondary N) is 1. The third kappa shape index (κ3) is 7.16. The van der Waals surface area contributed by atoms with Crippen LogP contribution < -0.4 is 5.32 Å². The second-order valence-electron chi connectivity index (χ2n) is 8.02. The second-order valence-corrected chi connectivity index (χ2v) is 17.1. The first-order valence-corrected chi connectivity index (χ1v) is 17.5. The zero-order chi connectivity index (χ0) is 29.4. The molecule has 1 fully saturated rings. The number of ether oxygens (including phenoxy) is 1. The number of aliphatic hydroxyl groups is 2. The largest absolute Gasteiger partial charge is 0.479 e. The summed E-state index contributed by atoms with van der Waals surface area (Å²) in [6.07, 6.45) is -3.96. The Morgan fingerprint density at radius 2 is 1.82 bits per heavy atom. The average molecular weight is 676 g/mol. The minimum Gasteiger partial charge on any atom is -0.387 e. The smallest absolute Gasteiger partial charge is 0.387 e. The van der Waals surface area contributed by atoms with Crippen LogP contribution in [-0.2, 0) is 27.3 Å². The van der Waals surface area contributed by atoms with E-state index in [2.05, 4.69) is 29.1 Å². The van der Waals surface area contributed by atoms with E-state index in [0.29, 0.717) is 23.0 Å². The lowest BCUT2D eigenvalue weighted by molar-refractivity contribution is -0.0502. The minimum atomic E-state index is -5.89. The zero-order valence-corrected chi connectivity index (χ0v) is 25.2. The van der Waals surface area contributed by atoms with Crippen LogP contribution in [0.5, 0.6) is 0 Å². The van der Waals surface area contributed by atoms with E-state index >= 15 is 0 Å². The molecule has 3 heterocycles. The molecule has 1 aliphatic heterocycles. The maximum Gasteiger partial charge on any atom is 0.479 e. The highest BCUT2D eigenvalue weighted by Gasteiger charge is 2.62. The summed E-state index contributed by atoms with van der Waals surface area (Å²) in [7, 11) is -17.2. The number of phosphoric acid groups is 1. The Balaban J connectivity index is 1.80. The Morgan fingerprint density at radius 3 is 2.41 bits per heavy atom. The molecule has 0 amide bonds. The van der Waals surface area contributed by atoms with Crippen molar-refractivity contribution in [2.24, 2.45) is 0 Å². The number of fused-ring (bicyclic) bond motifs is 1.